The molecule has 0 spiro atoms. The third-order valence-corrected chi connectivity index (χ3v) is 4.82. The van der Waals surface area contributed by atoms with E-state index < -0.39 is 0 Å². The van der Waals surface area contributed by atoms with Gasteiger partial charge in [0.2, 0.25) is 0 Å². The molecule has 0 N–H and O–H groups in total. The summed E-state index contributed by atoms with van der Waals surface area (Å²) in [5, 5.41) is 0. The molecule has 0 aromatic carbocycles. The van der Waals surface area contributed by atoms with Gasteiger partial charge in [-0.1, -0.05) is 48.0 Å². The fraction of sp³-hybridized carbons (Fsp3) is 1.00. The van der Waals surface area contributed by atoms with Gasteiger partial charge < -0.3 is 0 Å². The van der Waals surface area contributed by atoms with Crippen molar-refractivity contribution in [3.8, 4) is 0 Å². The van der Waals surface area contributed by atoms with E-state index in [9.17, 15) is 0 Å². The normalized spacial score (nSPS) is 40.8. The van der Waals surface area contributed by atoms with Crippen LogP contribution in [-0.2, 0) is 0 Å². The van der Waals surface area contributed by atoms with Gasteiger partial charge in [0.15, 0.2) is 0 Å². The van der Waals surface area contributed by atoms with E-state index >= 15 is 0 Å². The Bertz CT molecular complexity index is 182. The minimum Gasteiger partial charge on any atom is -0.0654 e. The smallest absolute Gasteiger partial charge is 0.0238 e. The van der Waals surface area contributed by atoms with Crippen molar-refractivity contribution in [3.63, 3.8) is 0 Å². The van der Waals surface area contributed by atoms with E-state index in [1.807, 2.05) is 0 Å². The summed E-state index contributed by atoms with van der Waals surface area (Å²) in [6, 6.07) is 0. The van der Waals surface area contributed by atoms with Gasteiger partial charge in [0.25, 0.3) is 0 Å². The van der Waals surface area contributed by atoms with Crippen molar-refractivity contribution in [1.29, 1.82) is 0 Å². The first kappa shape index (κ1) is 11.1. The van der Waals surface area contributed by atoms with E-state index in [0.717, 1.165) is 11.8 Å². The molecule has 0 heterocycles. The molecule has 0 heteroatoms. The van der Waals surface area contributed by atoms with Crippen LogP contribution in [0, 0.1) is 22.7 Å². The highest BCUT2D eigenvalue weighted by Crippen LogP contribution is 2.70. The third kappa shape index (κ3) is 1.65. The molecule has 1 rings (SSSR count). The fourth-order valence-corrected chi connectivity index (χ4v) is 3.14. The minimum absolute atomic E-state index is 0.636. The van der Waals surface area contributed by atoms with E-state index in [-0.39, 0.29) is 0 Å². The molecule has 0 aromatic heterocycles. The van der Waals surface area contributed by atoms with Crippen LogP contribution in [0.1, 0.15) is 60.8 Å². The Hall–Kier alpha value is 0. The maximum Gasteiger partial charge on any atom is -0.0238 e. The minimum atomic E-state index is 0.636. The van der Waals surface area contributed by atoms with E-state index in [2.05, 4.69) is 41.5 Å². The van der Waals surface area contributed by atoms with Crippen LogP contribution in [0.3, 0.4) is 0 Å². The van der Waals surface area contributed by atoms with Crippen LogP contribution in [0.5, 0.6) is 0 Å². The molecule has 3 unspecified atom stereocenters. The summed E-state index contributed by atoms with van der Waals surface area (Å²) < 4.78 is 0. The summed E-state index contributed by atoms with van der Waals surface area (Å²) in [5.41, 5.74) is 1.29. The molecule has 0 bridgehead atoms. The average molecular weight is 182 g/mol. The summed E-state index contributed by atoms with van der Waals surface area (Å²) in [7, 11) is 0. The summed E-state index contributed by atoms with van der Waals surface area (Å²) in [6.45, 7) is 14.4. The SMILES string of the molecule is CCCC1(C)CC1(C)C(C)C(C)C. The van der Waals surface area contributed by atoms with E-state index in [0.29, 0.717) is 10.8 Å². The van der Waals surface area contributed by atoms with Gasteiger partial charge in [-0.2, -0.15) is 0 Å². The van der Waals surface area contributed by atoms with Crippen LogP contribution in [0.15, 0.2) is 0 Å². The Morgan fingerprint density at radius 2 is 1.69 bits per heavy atom. The molecule has 0 amide bonds. The van der Waals surface area contributed by atoms with E-state index in [1.54, 1.807) is 0 Å². The van der Waals surface area contributed by atoms with Crippen LogP contribution in [0.25, 0.3) is 0 Å². The van der Waals surface area contributed by atoms with Gasteiger partial charge in [0.05, 0.1) is 0 Å². The van der Waals surface area contributed by atoms with Crippen LogP contribution in [0.4, 0.5) is 0 Å². The number of rotatable bonds is 4. The van der Waals surface area contributed by atoms with Gasteiger partial charge in [-0.05, 0) is 35.5 Å². The summed E-state index contributed by atoms with van der Waals surface area (Å²) in [6.07, 6.45) is 4.21. The lowest BCUT2D eigenvalue weighted by molar-refractivity contribution is 0.208. The Labute approximate surface area is 84.1 Å². The largest absolute Gasteiger partial charge is 0.0654 e. The Balaban J connectivity index is 2.62. The first-order valence-electron chi connectivity index (χ1n) is 5.87. The van der Waals surface area contributed by atoms with Crippen LogP contribution >= 0.6 is 0 Å². The maximum absolute atomic E-state index is 2.49. The zero-order valence-corrected chi connectivity index (χ0v) is 10.3. The molecule has 0 saturated heterocycles. The average Bonchev–Trinajstić information content (AvgIpc) is 2.54. The molecule has 1 fully saturated rings. The molecule has 1 saturated carbocycles. The Morgan fingerprint density at radius 1 is 1.15 bits per heavy atom. The van der Waals surface area contributed by atoms with Crippen molar-refractivity contribution in [3.05, 3.63) is 0 Å². The van der Waals surface area contributed by atoms with Crippen molar-refractivity contribution in [2.75, 3.05) is 0 Å². The molecular weight excluding hydrogens is 156 g/mol. The van der Waals surface area contributed by atoms with Crippen molar-refractivity contribution in [2.24, 2.45) is 22.7 Å². The van der Waals surface area contributed by atoms with Crippen molar-refractivity contribution in [1.82, 2.24) is 0 Å². The fourth-order valence-electron chi connectivity index (χ4n) is 3.14. The first-order valence-corrected chi connectivity index (χ1v) is 5.87. The predicted octanol–water partition coefficient (Wildman–Crippen LogP) is 4.49. The van der Waals surface area contributed by atoms with Crippen molar-refractivity contribution in [2.45, 2.75) is 60.8 Å². The molecule has 13 heavy (non-hydrogen) atoms. The van der Waals surface area contributed by atoms with E-state index in [4.69, 9.17) is 0 Å². The monoisotopic (exact) mass is 182 g/mol. The van der Waals surface area contributed by atoms with Gasteiger partial charge in [0, 0.05) is 0 Å². The molecule has 3 atom stereocenters. The molecule has 0 nitrogen and oxygen atoms in total. The first-order chi connectivity index (χ1) is 5.87. The standard InChI is InChI=1S/C13H26/c1-7-8-12(5)9-13(12,6)11(4)10(2)3/h10-11H,7-9H2,1-6H3. The highest BCUT2D eigenvalue weighted by atomic mass is 14.7. The maximum atomic E-state index is 2.49. The topological polar surface area (TPSA) is 0 Å². The van der Waals surface area contributed by atoms with Crippen LogP contribution < -0.4 is 0 Å². The van der Waals surface area contributed by atoms with E-state index in [1.165, 1.54) is 19.3 Å². The van der Waals surface area contributed by atoms with Gasteiger partial charge in [-0.15, -0.1) is 0 Å². The lowest BCUT2D eigenvalue weighted by Crippen LogP contribution is -2.21. The molecule has 0 aromatic rings. The van der Waals surface area contributed by atoms with Crippen LogP contribution in [0.2, 0.25) is 0 Å². The Morgan fingerprint density at radius 3 is 2.08 bits per heavy atom. The van der Waals surface area contributed by atoms with Crippen LogP contribution in [-0.4, -0.2) is 0 Å². The Kier molecular flexibility index (Phi) is 2.81. The molecule has 0 radical (unpaired) electrons. The molecule has 1 aliphatic carbocycles. The number of hydrogen-bond acceptors (Lipinski definition) is 0. The zero-order valence-electron chi connectivity index (χ0n) is 10.3. The zero-order chi connectivity index (χ0) is 10.3. The third-order valence-electron chi connectivity index (χ3n) is 4.82. The molecule has 0 aliphatic heterocycles. The second kappa shape index (κ2) is 3.29. The van der Waals surface area contributed by atoms with Crippen molar-refractivity contribution < 1.29 is 0 Å². The number of hydrogen-bond donors (Lipinski definition) is 0. The molecule has 1 aliphatic rings. The second-order valence-corrected chi connectivity index (χ2v) is 5.94. The quantitative estimate of drug-likeness (QED) is 0.600. The highest BCUT2D eigenvalue weighted by molar-refractivity contribution is 5.11. The van der Waals surface area contributed by atoms with Crippen molar-refractivity contribution >= 4 is 0 Å². The lowest BCUT2D eigenvalue weighted by Gasteiger charge is -2.28. The summed E-state index contributed by atoms with van der Waals surface area (Å²) >= 11 is 0. The summed E-state index contributed by atoms with van der Waals surface area (Å²) in [4.78, 5) is 0. The molecular formula is C13H26. The predicted molar refractivity (Wildman–Crippen MR) is 59.7 cm³/mol. The lowest BCUT2D eigenvalue weighted by atomic mass is 9.77. The highest BCUT2D eigenvalue weighted by Gasteiger charge is 2.62. The van der Waals surface area contributed by atoms with Gasteiger partial charge >= 0.3 is 0 Å². The van der Waals surface area contributed by atoms with Gasteiger partial charge in [-0.3, -0.25) is 0 Å². The molecule has 78 valence electrons. The second-order valence-electron chi connectivity index (χ2n) is 5.94. The van der Waals surface area contributed by atoms with Gasteiger partial charge in [-0.25, -0.2) is 0 Å². The van der Waals surface area contributed by atoms with Gasteiger partial charge in [0.1, 0.15) is 0 Å². The summed E-state index contributed by atoms with van der Waals surface area (Å²) in [5.74, 6) is 1.72.